The Bertz CT molecular complexity index is 308. The fourth-order valence-corrected chi connectivity index (χ4v) is 2.98. The molecule has 0 saturated carbocycles. The third-order valence-corrected chi connectivity index (χ3v) is 3.96. The maximum atomic E-state index is 5.49. The highest BCUT2D eigenvalue weighted by Gasteiger charge is 2.15. The molecule has 90 valence electrons. The fraction of sp³-hybridized carbons (Fsp3) is 0.750. The minimum absolute atomic E-state index is 0.757. The van der Waals surface area contributed by atoms with Crippen molar-refractivity contribution in [1.29, 1.82) is 0 Å². The SMILES string of the molecule is NCCCc1csc(CC2CCOCC2)n1. The molecule has 1 fully saturated rings. The molecule has 0 bridgehead atoms. The monoisotopic (exact) mass is 240 g/mol. The Hall–Kier alpha value is -0.450. The average molecular weight is 240 g/mol. The van der Waals surface area contributed by atoms with E-state index in [1.165, 1.54) is 23.5 Å². The zero-order valence-corrected chi connectivity index (χ0v) is 10.5. The predicted molar refractivity (Wildman–Crippen MR) is 66.7 cm³/mol. The summed E-state index contributed by atoms with van der Waals surface area (Å²) >= 11 is 1.80. The van der Waals surface area contributed by atoms with E-state index in [0.29, 0.717) is 0 Å². The molecule has 0 aliphatic carbocycles. The quantitative estimate of drug-likeness (QED) is 0.856. The van der Waals surface area contributed by atoms with E-state index in [1.807, 2.05) is 0 Å². The zero-order chi connectivity index (χ0) is 11.2. The predicted octanol–water partition coefficient (Wildman–Crippen LogP) is 2.00. The maximum absolute atomic E-state index is 5.49. The number of rotatable bonds is 5. The minimum atomic E-state index is 0.757. The number of hydrogen-bond donors (Lipinski definition) is 1. The first-order valence-corrected chi connectivity index (χ1v) is 6.97. The van der Waals surface area contributed by atoms with Crippen LogP contribution < -0.4 is 5.73 Å². The normalized spacial score (nSPS) is 17.8. The van der Waals surface area contributed by atoms with Gasteiger partial charge in [0.25, 0.3) is 0 Å². The fourth-order valence-electron chi connectivity index (χ4n) is 2.04. The van der Waals surface area contributed by atoms with E-state index in [1.54, 1.807) is 11.3 Å². The minimum Gasteiger partial charge on any atom is -0.381 e. The molecule has 4 heteroatoms. The largest absolute Gasteiger partial charge is 0.381 e. The first-order valence-electron chi connectivity index (χ1n) is 6.09. The van der Waals surface area contributed by atoms with Crippen LogP contribution in [-0.4, -0.2) is 24.7 Å². The second-order valence-electron chi connectivity index (χ2n) is 4.38. The lowest BCUT2D eigenvalue weighted by atomic mass is 9.97. The third-order valence-electron chi connectivity index (χ3n) is 3.04. The van der Waals surface area contributed by atoms with E-state index >= 15 is 0 Å². The molecule has 0 spiro atoms. The number of aromatic nitrogens is 1. The van der Waals surface area contributed by atoms with Crippen molar-refractivity contribution in [2.24, 2.45) is 11.7 Å². The molecule has 2 rings (SSSR count). The Kier molecular flexibility index (Phi) is 4.75. The van der Waals surface area contributed by atoms with E-state index in [2.05, 4.69) is 10.4 Å². The van der Waals surface area contributed by atoms with E-state index in [-0.39, 0.29) is 0 Å². The summed E-state index contributed by atoms with van der Waals surface area (Å²) in [6.45, 7) is 2.61. The van der Waals surface area contributed by atoms with Crippen LogP contribution in [0, 0.1) is 5.92 Å². The van der Waals surface area contributed by atoms with E-state index < -0.39 is 0 Å². The molecule has 0 aromatic carbocycles. The maximum Gasteiger partial charge on any atom is 0.0931 e. The van der Waals surface area contributed by atoms with Crippen molar-refractivity contribution in [2.45, 2.75) is 32.1 Å². The lowest BCUT2D eigenvalue weighted by Crippen LogP contribution is -2.17. The van der Waals surface area contributed by atoms with Gasteiger partial charge in [-0.3, -0.25) is 0 Å². The number of aryl methyl sites for hydroxylation is 1. The highest BCUT2D eigenvalue weighted by Crippen LogP contribution is 2.22. The van der Waals surface area contributed by atoms with Gasteiger partial charge in [-0.2, -0.15) is 0 Å². The Morgan fingerprint density at radius 2 is 2.25 bits per heavy atom. The van der Waals surface area contributed by atoms with Crippen LogP contribution in [0.2, 0.25) is 0 Å². The zero-order valence-electron chi connectivity index (χ0n) is 9.65. The van der Waals surface area contributed by atoms with Crippen LogP contribution in [-0.2, 0) is 17.6 Å². The van der Waals surface area contributed by atoms with E-state index in [9.17, 15) is 0 Å². The molecule has 1 aliphatic heterocycles. The molecule has 0 amide bonds. The van der Waals surface area contributed by atoms with Gasteiger partial charge in [-0.05, 0) is 38.1 Å². The molecule has 1 aromatic heterocycles. The Labute approximate surface area is 101 Å². The smallest absolute Gasteiger partial charge is 0.0931 e. The van der Waals surface area contributed by atoms with Crippen molar-refractivity contribution in [2.75, 3.05) is 19.8 Å². The molecule has 1 aromatic rings. The van der Waals surface area contributed by atoms with Crippen LogP contribution in [0.25, 0.3) is 0 Å². The van der Waals surface area contributed by atoms with Crippen LogP contribution >= 0.6 is 11.3 Å². The molecular weight excluding hydrogens is 220 g/mol. The lowest BCUT2D eigenvalue weighted by molar-refractivity contribution is 0.0665. The highest BCUT2D eigenvalue weighted by atomic mass is 32.1. The average Bonchev–Trinajstić information content (AvgIpc) is 2.75. The van der Waals surface area contributed by atoms with Gasteiger partial charge in [0.15, 0.2) is 0 Å². The summed E-state index contributed by atoms with van der Waals surface area (Å²) in [6.07, 6.45) is 5.59. The van der Waals surface area contributed by atoms with Gasteiger partial charge in [0.2, 0.25) is 0 Å². The van der Waals surface area contributed by atoms with Gasteiger partial charge in [0.1, 0.15) is 0 Å². The van der Waals surface area contributed by atoms with Crippen LogP contribution in [0.15, 0.2) is 5.38 Å². The van der Waals surface area contributed by atoms with Crippen molar-refractivity contribution in [3.05, 3.63) is 16.1 Å². The number of ether oxygens (including phenoxy) is 1. The van der Waals surface area contributed by atoms with Gasteiger partial charge in [-0.25, -0.2) is 4.98 Å². The summed E-state index contributed by atoms with van der Waals surface area (Å²) in [7, 11) is 0. The molecular formula is C12H20N2OS. The first kappa shape index (κ1) is 12.0. The number of nitrogens with two attached hydrogens (primary N) is 1. The number of hydrogen-bond acceptors (Lipinski definition) is 4. The molecule has 1 aliphatic rings. The van der Waals surface area contributed by atoms with E-state index in [4.69, 9.17) is 10.5 Å². The second-order valence-corrected chi connectivity index (χ2v) is 5.33. The molecule has 0 unspecified atom stereocenters. The van der Waals surface area contributed by atoms with Gasteiger partial charge in [-0.15, -0.1) is 11.3 Å². The first-order chi connectivity index (χ1) is 7.88. The third kappa shape index (κ3) is 3.54. The van der Waals surface area contributed by atoms with Crippen molar-refractivity contribution in [3.8, 4) is 0 Å². The van der Waals surface area contributed by atoms with Gasteiger partial charge in [0, 0.05) is 25.0 Å². The summed E-state index contributed by atoms with van der Waals surface area (Å²) in [5.74, 6) is 0.780. The van der Waals surface area contributed by atoms with Crippen LogP contribution in [0.3, 0.4) is 0 Å². The molecule has 0 atom stereocenters. The summed E-state index contributed by atoms with van der Waals surface area (Å²) < 4.78 is 5.36. The molecule has 2 N–H and O–H groups in total. The Balaban J connectivity index is 1.81. The van der Waals surface area contributed by atoms with Gasteiger partial charge in [0.05, 0.1) is 10.7 Å². The lowest BCUT2D eigenvalue weighted by Gasteiger charge is -2.20. The van der Waals surface area contributed by atoms with E-state index in [0.717, 1.165) is 44.9 Å². The molecule has 16 heavy (non-hydrogen) atoms. The molecule has 0 radical (unpaired) electrons. The summed E-state index contributed by atoms with van der Waals surface area (Å²) in [5, 5.41) is 3.48. The summed E-state index contributed by atoms with van der Waals surface area (Å²) in [5.41, 5.74) is 6.71. The summed E-state index contributed by atoms with van der Waals surface area (Å²) in [4.78, 5) is 4.66. The van der Waals surface area contributed by atoms with Crippen molar-refractivity contribution in [1.82, 2.24) is 4.98 Å². The van der Waals surface area contributed by atoms with Gasteiger partial charge >= 0.3 is 0 Å². The number of nitrogens with zero attached hydrogens (tertiary/aromatic N) is 1. The van der Waals surface area contributed by atoms with Crippen molar-refractivity contribution < 1.29 is 4.74 Å². The van der Waals surface area contributed by atoms with Crippen LogP contribution in [0.1, 0.15) is 30.0 Å². The standard InChI is InChI=1S/C12H20N2OS/c13-5-1-2-11-9-16-12(14-11)8-10-3-6-15-7-4-10/h9-10H,1-8,13H2. The number of thiazole rings is 1. The summed E-state index contributed by atoms with van der Waals surface area (Å²) in [6, 6.07) is 0. The molecule has 2 heterocycles. The van der Waals surface area contributed by atoms with Gasteiger partial charge in [-0.1, -0.05) is 0 Å². The second kappa shape index (κ2) is 6.33. The van der Waals surface area contributed by atoms with Crippen molar-refractivity contribution >= 4 is 11.3 Å². The van der Waals surface area contributed by atoms with Crippen LogP contribution in [0.4, 0.5) is 0 Å². The van der Waals surface area contributed by atoms with Crippen molar-refractivity contribution in [3.63, 3.8) is 0 Å². The van der Waals surface area contributed by atoms with Gasteiger partial charge < -0.3 is 10.5 Å². The Morgan fingerprint density at radius 3 is 3.00 bits per heavy atom. The molecule has 1 saturated heterocycles. The molecule has 3 nitrogen and oxygen atoms in total. The van der Waals surface area contributed by atoms with Crippen LogP contribution in [0.5, 0.6) is 0 Å². The highest BCUT2D eigenvalue weighted by molar-refractivity contribution is 7.09. The Morgan fingerprint density at radius 1 is 1.44 bits per heavy atom. The topological polar surface area (TPSA) is 48.1 Å².